The molecule has 1 aromatic carbocycles. The van der Waals surface area contributed by atoms with E-state index in [2.05, 4.69) is 5.32 Å². The van der Waals surface area contributed by atoms with Crippen LogP contribution in [-0.4, -0.2) is 45.8 Å². The number of benzene rings is 1. The molecule has 4 N–H and O–H groups in total. The minimum atomic E-state index is -0.837. The molecule has 2 rings (SSSR count). The van der Waals surface area contributed by atoms with E-state index in [9.17, 15) is 19.8 Å². The Hall–Kier alpha value is -2.38. The predicted molar refractivity (Wildman–Crippen MR) is 91.6 cm³/mol. The van der Waals surface area contributed by atoms with Gasteiger partial charge in [-0.25, -0.2) is 0 Å². The third-order valence-corrected chi connectivity index (χ3v) is 4.09. The normalized spacial score (nSPS) is 20.2. The number of hydrogen-bond acceptors (Lipinski definition) is 6. The summed E-state index contributed by atoms with van der Waals surface area (Å²) in [7, 11) is 0. The number of anilines is 1. The number of hydrogen-bond donors (Lipinski definition) is 4. The summed E-state index contributed by atoms with van der Waals surface area (Å²) in [5.74, 6) is -0.434. The Morgan fingerprint density at radius 3 is 2.76 bits per heavy atom. The number of Topliss-reactive ketones (excluding diaryl/α,β-unsaturated/α-hetero) is 1. The summed E-state index contributed by atoms with van der Waals surface area (Å²) in [6.45, 7) is 2.71. The average Bonchev–Trinajstić information content (AvgIpc) is 2.74. The minimum Gasteiger partial charge on any atom is -0.508 e. The Morgan fingerprint density at radius 1 is 1.40 bits per heavy atom. The van der Waals surface area contributed by atoms with Gasteiger partial charge in [0.25, 0.3) is 0 Å². The molecular formula is C18H23NO6. The molecule has 0 fully saturated rings. The molecule has 2 atom stereocenters. The lowest BCUT2D eigenvalue weighted by Crippen LogP contribution is -2.30. The number of nitrogens with one attached hydrogen (secondary N) is 1. The van der Waals surface area contributed by atoms with Crippen molar-refractivity contribution in [1.29, 1.82) is 0 Å². The number of amides is 1. The second kappa shape index (κ2) is 8.13. The lowest BCUT2D eigenvalue weighted by Gasteiger charge is -2.21. The lowest BCUT2D eigenvalue weighted by atomic mass is 10.0. The van der Waals surface area contributed by atoms with E-state index in [1.807, 2.05) is 0 Å². The highest BCUT2D eigenvalue weighted by Gasteiger charge is 2.27. The van der Waals surface area contributed by atoms with E-state index < -0.39 is 24.7 Å². The van der Waals surface area contributed by atoms with Crippen LogP contribution in [0.15, 0.2) is 23.8 Å². The number of aryl methyl sites for hydroxylation is 1. The van der Waals surface area contributed by atoms with Crippen molar-refractivity contribution in [2.45, 2.75) is 45.3 Å². The van der Waals surface area contributed by atoms with Crippen LogP contribution in [0.3, 0.4) is 0 Å². The fourth-order valence-electron chi connectivity index (χ4n) is 2.73. The average molecular weight is 349 g/mol. The second-order valence-corrected chi connectivity index (χ2v) is 6.00. The standard InChI is InChI=1S/C18H23NO6/c1-3-14(22)10(2)6-16-15(23)5-4-11-7-12(21)8-13(18(11)25-16)19-17(24)9-20/h6-8,15-16,20-21,23H,3-5,9H2,1-2H3,(H,19,24). The molecule has 0 radical (unpaired) electrons. The van der Waals surface area contributed by atoms with Crippen LogP contribution in [0.4, 0.5) is 5.69 Å². The molecule has 1 aliphatic rings. The number of carbonyl (C=O) groups is 2. The maximum absolute atomic E-state index is 11.8. The molecule has 0 bridgehead atoms. The van der Waals surface area contributed by atoms with Crippen LogP contribution >= 0.6 is 0 Å². The van der Waals surface area contributed by atoms with Crippen molar-refractivity contribution in [3.63, 3.8) is 0 Å². The Balaban J connectivity index is 2.40. The quantitative estimate of drug-likeness (QED) is 0.596. The topological polar surface area (TPSA) is 116 Å². The molecule has 0 aromatic heterocycles. The lowest BCUT2D eigenvalue weighted by molar-refractivity contribution is -0.118. The van der Waals surface area contributed by atoms with Gasteiger partial charge in [0.15, 0.2) is 5.78 Å². The van der Waals surface area contributed by atoms with E-state index in [1.54, 1.807) is 19.9 Å². The summed E-state index contributed by atoms with van der Waals surface area (Å²) in [5.41, 5.74) is 1.33. The maximum atomic E-state index is 11.8. The molecule has 7 nitrogen and oxygen atoms in total. The first-order valence-electron chi connectivity index (χ1n) is 8.18. The molecule has 0 saturated heterocycles. The van der Waals surface area contributed by atoms with Crippen molar-refractivity contribution in [1.82, 2.24) is 0 Å². The van der Waals surface area contributed by atoms with E-state index in [0.29, 0.717) is 36.1 Å². The van der Waals surface area contributed by atoms with Crippen LogP contribution in [0.25, 0.3) is 0 Å². The number of aromatic hydroxyl groups is 1. The number of ether oxygens (including phenoxy) is 1. The molecular weight excluding hydrogens is 326 g/mol. The van der Waals surface area contributed by atoms with E-state index in [0.717, 1.165) is 0 Å². The Kier molecular flexibility index (Phi) is 6.17. The van der Waals surface area contributed by atoms with Crippen molar-refractivity contribution in [3.05, 3.63) is 29.3 Å². The SMILES string of the molecule is CCC(=O)C(C)=CC1Oc2c(cc(O)cc2NC(=O)CO)CCC1O. The Morgan fingerprint density at radius 2 is 2.12 bits per heavy atom. The molecule has 25 heavy (non-hydrogen) atoms. The summed E-state index contributed by atoms with van der Waals surface area (Å²) in [6, 6.07) is 2.82. The Bertz CT molecular complexity index is 697. The largest absolute Gasteiger partial charge is 0.508 e. The van der Waals surface area contributed by atoms with E-state index >= 15 is 0 Å². The monoisotopic (exact) mass is 349 g/mol. The van der Waals surface area contributed by atoms with Crippen LogP contribution in [0, 0.1) is 0 Å². The highest BCUT2D eigenvalue weighted by atomic mass is 16.5. The van der Waals surface area contributed by atoms with Gasteiger partial charge in [0.1, 0.15) is 24.2 Å². The van der Waals surface area contributed by atoms with Gasteiger partial charge in [-0.15, -0.1) is 0 Å². The van der Waals surface area contributed by atoms with Crippen LogP contribution in [0.5, 0.6) is 11.5 Å². The first-order valence-corrected chi connectivity index (χ1v) is 8.18. The van der Waals surface area contributed by atoms with Crippen LogP contribution in [-0.2, 0) is 16.0 Å². The smallest absolute Gasteiger partial charge is 0.250 e. The van der Waals surface area contributed by atoms with Crippen molar-refractivity contribution in [2.24, 2.45) is 0 Å². The molecule has 1 aliphatic heterocycles. The predicted octanol–water partition coefficient (Wildman–Crippen LogP) is 1.30. The third-order valence-electron chi connectivity index (χ3n) is 4.09. The number of phenols is 1. The van der Waals surface area contributed by atoms with Gasteiger partial charge in [-0.05, 0) is 37.5 Å². The van der Waals surface area contributed by atoms with Gasteiger partial charge in [-0.2, -0.15) is 0 Å². The first-order chi connectivity index (χ1) is 11.8. The van der Waals surface area contributed by atoms with Crippen LogP contribution in [0.1, 0.15) is 32.3 Å². The number of aliphatic hydroxyl groups excluding tert-OH is 2. The number of rotatable bonds is 5. The fraction of sp³-hybridized carbons (Fsp3) is 0.444. The summed E-state index contributed by atoms with van der Waals surface area (Å²) in [5, 5.41) is 31.6. The molecule has 136 valence electrons. The number of allylic oxidation sites excluding steroid dienone is 1. The minimum absolute atomic E-state index is 0.0419. The molecule has 7 heteroatoms. The molecule has 1 amide bonds. The number of ketones is 1. The van der Waals surface area contributed by atoms with Crippen molar-refractivity contribution < 1.29 is 29.6 Å². The molecule has 0 saturated carbocycles. The maximum Gasteiger partial charge on any atom is 0.250 e. The van der Waals surface area contributed by atoms with Gasteiger partial charge in [0, 0.05) is 18.1 Å². The van der Waals surface area contributed by atoms with Gasteiger partial charge < -0.3 is 25.4 Å². The number of fused-ring (bicyclic) bond motifs is 1. The van der Waals surface area contributed by atoms with Gasteiger partial charge in [0.05, 0.1) is 11.8 Å². The number of phenolic OH excluding ortho intramolecular Hbond substituents is 1. The summed E-state index contributed by atoms with van der Waals surface area (Å²) >= 11 is 0. The second-order valence-electron chi connectivity index (χ2n) is 6.00. The number of aliphatic hydroxyl groups is 2. The van der Waals surface area contributed by atoms with Crippen molar-refractivity contribution in [2.75, 3.05) is 11.9 Å². The number of carbonyl (C=O) groups excluding carboxylic acids is 2. The zero-order valence-electron chi connectivity index (χ0n) is 14.3. The van der Waals surface area contributed by atoms with Gasteiger partial charge in [-0.3, -0.25) is 9.59 Å². The molecule has 2 unspecified atom stereocenters. The first kappa shape index (κ1) is 19.0. The highest BCUT2D eigenvalue weighted by molar-refractivity contribution is 5.95. The van der Waals surface area contributed by atoms with Crippen LogP contribution < -0.4 is 10.1 Å². The molecule has 1 aromatic rings. The van der Waals surface area contributed by atoms with Gasteiger partial charge in [-0.1, -0.05) is 6.92 Å². The van der Waals surface area contributed by atoms with Crippen molar-refractivity contribution >= 4 is 17.4 Å². The zero-order valence-corrected chi connectivity index (χ0v) is 14.3. The molecule has 0 aliphatic carbocycles. The van der Waals surface area contributed by atoms with E-state index in [-0.39, 0.29) is 17.2 Å². The van der Waals surface area contributed by atoms with Gasteiger partial charge in [0.2, 0.25) is 5.91 Å². The highest BCUT2D eigenvalue weighted by Crippen LogP contribution is 2.38. The van der Waals surface area contributed by atoms with E-state index in [1.165, 1.54) is 12.1 Å². The summed E-state index contributed by atoms with van der Waals surface area (Å²) < 4.78 is 5.88. The summed E-state index contributed by atoms with van der Waals surface area (Å²) in [6.07, 6.45) is 1.14. The summed E-state index contributed by atoms with van der Waals surface area (Å²) in [4.78, 5) is 23.3. The van der Waals surface area contributed by atoms with Crippen LogP contribution in [0.2, 0.25) is 0 Å². The molecule has 1 heterocycles. The van der Waals surface area contributed by atoms with Gasteiger partial charge >= 0.3 is 0 Å². The zero-order chi connectivity index (χ0) is 18.6. The van der Waals surface area contributed by atoms with E-state index in [4.69, 9.17) is 9.84 Å². The Labute approximate surface area is 145 Å². The third kappa shape index (κ3) is 4.58. The molecule has 0 spiro atoms. The fourth-order valence-corrected chi connectivity index (χ4v) is 2.73. The van der Waals surface area contributed by atoms with Crippen molar-refractivity contribution in [3.8, 4) is 11.5 Å².